The topological polar surface area (TPSA) is 27.7 Å². The zero-order chi connectivity index (χ0) is 8.93. The van der Waals surface area contributed by atoms with Gasteiger partial charge in [0.15, 0.2) is 0 Å². The van der Waals surface area contributed by atoms with Gasteiger partial charge in [-0.2, -0.15) is 0 Å². The van der Waals surface area contributed by atoms with Gasteiger partial charge in [-0.25, -0.2) is 0 Å². The van der Waals surface area contributed by atoms with Gasteiger partial charge in [0.25, 0.3) is 0 Å². The lowest BCUT2D eigenvalue weighted by molar-refractivity contribution is 0.322. The molecule has 0 amide bonds. The van der Waals surface area contributed by atoms with E-state index in [0.29, 0.717) is 0 Å². The van der Waals surface area contributed by atoms with Gasteiger partial charge in [-0.3, -0.25) is 0 Å². The van der Waals surface area contributed by atoms with Crippen LogP contribution in [-0.4, -0.2) is 29.3 Å². The van der Waals surface area contributed by atoms with Gasteiger partial charge in [-0.05, 0) is 5.56 Å². The van der Waals surface area contributed by atoms with Crippen molar-refractivity contribution < 1.29 is 12.3 Å². The molecule has 6 heteroatoms. The van der Waals surface area contributed by atoms with Gasteiger partial charge in [0.1, 0.15) is 0 Å². The highest BCUT2D eigenvalue weighted by Gasteiger charge is 2.22. The maximum Gasteiger partial charge on any atom is 0.412 e. The predicted molar refractivity (Wildman–Crippen MR) is 50.7 cm³/mol. The van der Waals surface area contributed by atoms with Gasteiger partial charge in [-0.1, -0.05) is 30.3 Å². The third-order valence-electron chi connectivity index (χ3n) is 1.59. The fourth-order valence-electron chi connectivity index (χ4n) is 1.01. The van der Waals surface area contributed by atoms with Gasteiger partial charge < -0.3 is 12.3 Å². The van der Waals surface area contributed by atoms with E-state index in [1.54, 1.807) is 0 Å². The Morgan fingerprint density at radius 2 is 1.77 bits per heavy atom. The van der Waals surface area contributed by atoms with Crippen LogP contribution in [-0.2, 0) is 18.4 Å². The first kappa shape index (κ1) is 9.31. The van der Waals surface area contributed by atoms with Crippen molar-refractivity contribution in [1.29, 1.82) is 0 Å². The van der Waals surface area contributed by atoms with E-state index in [1.807, 2.05) is 18.2 Å². The monoisotopic (exact) mass is 223 g/mol. The highest BCUT2D eigenvalue weighted by Crippen LogP contribution is 2.05. The van der Waals surface area contributed by atoms with Crippen LogP contribution >= 0.6 is 0 Å². The Balaban J connectivity index is 1.90. The van der Waals surface area contributed by atoms with Crippen LogP contribution in [0.25, 0.3) is 0 Å². The van der Waals surface area contributed by atoms with E-state index >= 15 is 0 Å². The molecule has 0 atom stereocenters. The molecular formula is C7H7O3Si3. The third-order valence-corrected chi connectivity index (χ3v) is 5.44. The standard InChI is InChI=1S/C7H7O3Si3/c1-2-4-7(5-3-1)6-13-9-11-8-12-10-13/h1-5H,6H2. The van der Waals surface area contributed by atoms with E-state index in [-0.39, 0.29) is 20.0 Å². The molecule has 1 aliphatic heterocycles. The van der Waals surface area contributed by atoms with Gasteiger partial charge in [0.2, 0.25) is 0 Å². The first-order valence-electron chi connectivity index (χ1n) is 3.84. The molecule has 5 radical (unpaired) electrons. The van der Waals surface area contributed by atoms with Crippen molar-refractivity contribution in [2.24, 2.45) is 0 Å². The summed E-state index contributed by atoms with van der Waals surface area (Å²) in [6.45, 7) is 0. The maximum absolute atomic E-state index is 5.37. The number of benzene rings is 1. The minimum Gasteiger partial charge on any atom is -0.413 e. The molecule has 0 spiro atoms. The van der Waals surface area contributed by atoms with E-state index in [9.17, 15) is 0 Å². The van der Waals surface area contributed by atoms with Gasteiger partial charge in [0, 0.05) is 6.04 Å². The highest BCUT2D eigenvalue weighted by atomic mass is 28.4. The summed E-state index contributed by atoms with van der Waals surface area (Å²) >= 11 is 0. The lowest BCUT2D eigenvalue weighted by Crippen LogP contribution is -2.37. The molecule has 1 fully saturated rings. The Hall–Kier alpha value is -0.249. The molecule has 0 saturated carbocycles. The molecule has 0 bridgehead atoms. The van der Waals surface area contributed by atoms with Crippen molar-refractivity contribution >= 4 is 29.3 Å². The van der Waals surface area contributed by atoms with Gasteiger partial charge in [-0.15, -0.1) is 0 Å². The molecule has 0 N–H and O–H groups in total. The fourth-order valence-corrected chi connectivity index (χ4v) is 4.66. The average Bonchev–Trinajstić information content (AvgIpc) is 2.21. The third kappa shape index (κ3) is 2.86. The van der Waals surface area contributed by atoms with Crippen LogP contribution in [0.2, 0.25) is 0 Å². The van der Waals surface area contributed by atoms with Crippen LogP contribution in [0, 0.1) is 0 Å². The predicted octanol–water partition coefficient (Wildman–Crippen LogP) is 0.388. The lowest BCUT2D eigenvalue weighted by atomic mass is 10.2. The van der Waals surface area contributed by atoms with E-state index in [0.717, 1.165) is 6.04 Å². The summed E-state index contributed by atoms with van der Waals surface area (Å²) in [5.41, 5.74) is 1.27. The largest absolute Gasteiger partial charge is 0.413 e. The summed E-state index contributed by atoms with van der Waals surface area (Å²) in [6, 6.07) is 11.1. The van der Waals surface area contributed by atoms with Crippen LogP contribution in [0.5, 0.6) is 0 Å². The molecule has 1 aromatic carbocycles. The number of rotatable bonds is 2. The average molecular weight is 223 g/mol. The summed E-state index contributed by atoms with van der Waals surface area (Å²) in [7, 11) is -0.768. The summed E-state index contributed by atoms with van der Waals surface area (Å²) in [5, 5.41) is 0. The van der Waals surface area contributed by atoms with E-state index < -0.39 is 9.28 Å². The fraction of sp³-hybridized carbons (Fsp3) is 0.143. The summed E-state index contributed by atoms with van der Waals surface area (Å²) < 4.78 is 15.7. The summed E-state index contributed by atoms with van der Waals surface area (Å²) in [4.78, 5) is 0. The first-order chi connectivity index (χ1) is 6.45. The molecule has 1 aromatic rings. The molecule has 13 heavy (non-hydrogen) atoms. The molecule has 65 valence electrons. The molecular weight excluding hydrogens is 216 g/mol. The molecule has 3 nitrogen and oxygen atoms in total. The number of hydrogen-bond acceptors (Lipinski definition) is 3. The molecule has 1 saturated heterocycles. The van der Waals surface area contributed by atoms with Crippen molar-refractivity contribution in [1.82, 2.24) is 0 Å². The van der Waals surface area contributed by atoms with Crippen molar-refractivity contribution in [3.05, 3.63) is 35.9 Å². The van der Waals surface area contributed by atoms with Crippen LogP contribution in [0.3, 0.4) is 0 Å². The Labute approximate surface area is 84.0 Å². The zero-order valence-electron chi connectivity index (χ0n) is 6.82. The molecule has 1 heterocycles. The smallest absolute Gasteiger partial charge is 0.412 e. The van der Waals surface area contributed by atoms with Gasteiger partial charge >= 0.3 is 29.3 Å². The Morgan fingerprint density at radius 3 is 2.46 bits per heavy atom. The zero-order valence-corrected chi connectivity index (χ0v) is 9.82. The number of hydrogen-bond donors (Lipinski definition) is 0. The van der Waals surface area contributed by atoms with Crippen LogP contribution in [0.15, 0.2) is 30.3 Å². The Kier molecular flexibility index (Phi) is 3.47. The SMILES string of the molecule is c1ccc(C[Si]2O[Si]O[Si]O2)cc1. The van der Waals surface area contributed by atoms with E-state index in [2.05, 4.69) is 12.1 Å². The van der Waals surface area contributed by atoms with Crippen LogP contribution in [0.1, 0.15) is 5.56 Å². The second-order valence-corrected chi connectivity index (χ2v) is 6.39. The highest BCUT2D eigenvalue weighted by molar-refractivity contribution is 6.60. The maximum atomic E-state index is 5.37. The van der Waals surface area contributed by atoms with Crippen molar-refractivity contribution in [2.75, 3.05) is 0 Å². The summed E-state index contributed by atoms with van der Waals surface area (Å²) in [5.74, 6) is 0. The van der Waals surface area contributed by atoms with E-state index in [1.165, 1.54) is 5.56 Å². The lowest BCUT2D eigenvalue weighted by Gasteiger charge is -2.18. The first-order valence-corrected chi connectivity index (χ1v) is 7.00. The molecule has 0 aliphatic carbocycles. The van der Waals surface area contributed by atoms with Crippen LogP contribution in [0.4, 0.5) is 0 Å². The van der Waals surface area contributed by atoms with Gasteiger partial charge in [0.05, 0.1) is 0 Å². The normalized spacial score (nSPS) is 18.8. The molecule has 0 unspecified atom stereocenters. The van der Waals surface area contributed by atoms with Crippen molar-refractivity contribution in [3.63, 3.8) is 0 Å². The Morgan fingerprint density at radius 1 is 1.08 bits per heavy atom. The molecule has 2 rings (SSSR count). The van der Waals surface area contributed by atoms with E-state index in [4.69, 9.17) is 12.3 Å². The van der Waals surface area contributed by atoms with Crippen molar-refractivity contribution in [3.8, 4) is 0 Å². The Bertz CT molecular complexity index is 250. The second kappa shape index (κ2) is 4.84. The molecule has 0 aromatic heterocycles. The molecule has 1 aliphatic rings. The van der Waals surface area contributed by atoms with Crippen molar-refractivity contribution in [2.45, 2.75) is 6.04 Å². The van der Waals surface area contributed by atoms with Crippen LogP contribution < -0.4 is 0 Å². The minimum absolute atomic E-state index is 0.166. The second-order valence-electron chi connectivity index (χ2n) is 2.51. The minimum atomic E-state index is -1.10. The quantitative estimate of drug-likeness (QED) is 0.679. The summed E-state index contributed by atoms with van der Waals surface area (Å²) in [6.07, 6.45) is 0.